The number of nitrogens with one attached hydrogen (secondary N) is 2. The van der Waals surface area contributed by atoms with E-state index in [2.05, 4.69) is 15.2 Å². The van der Waals surface area contributed by atoms with Crippen LogP contribution >= 0.6 is 0 Å². The van der Waals surface area contributed by atoms with Gasteiger partial charge in [-0.15, -0.1) is 0 Å². The molecule has 2 N–H and O–H groups in total. The number of aromatic amines is 1. The third-order valence-corrected chi connectivity index (χ3v) is 5.94. The second-order valence-corrected chi connectivity index (χ2v) is 8.08. The molecule has 0 aliphatic carbocycles. The number of likely N-dealkylation sites (tertiary alicyclic amines) is 1. The van der Waals surface area contributed by atoms with Gasteiger partial charge in [-0.1, -0.05) is 12.1 Å². The zero-order chi connectivity index (χ0) is 21.2. The number of fused-ring (bicyclic) bond motifs is 2. The first-order valence-electron chi connectivity index (χ1n) is 10.8. The average molecular weight is 422 g/mol. The van der Waals surface area contributed by atoms with E-state index >= 15 is 0 Å². The van der Waals surface area contributed by atoms with Crippen molar-refractivity contribution in [2.24, 2.45) is 0 Å². The zero-order valence-electron chi connectivity index (χ0n) is 17.3. The summed E-state index contributed by atoms with van der Waals surface area (Å²) in [4.78, 5) is 30.1. The summed E-state index contributed by atoms with van der Waals surface area (Å²) >= 11 is 0. The fraction of sp³-hybridized carbons (Fsp3) is 0.391. The normalized spacial score (nSPS) is 17.4. The Morgan fingerprint density at radius 1 is 1.06 bits per heavy atom. The molecule has 3 heterocycles. The first kappa shape index (κ1) is 19.7. The monoisotopic (exact) mass is 422 g/mol. The molecule has 162 valence electrons. The number of para-hydroxylation sites is 2. The molecule has 0 unspecified atom stereocenters. The zero-order valence-corrected chi connectivity index (χ0v) is 17.3. The van der Waals surface area contributed by atoms with Gasteiger partial charge < -0.3 is 19.8 Å². The number of ether oxygens (including phenoxy) is 2. The predicted octanol–water partition coefficient (Wildman–Crippen LogP) is 2.77. The van der Waals surface area contributed by atoms with Crippen LogP contribution in [-0.2, 0) is 4.79 Å². The highest BCUT2D eigenvalue weighted by atomic mass is 16.5. The number of rotatable bonds is 4. The van der Waals surface area contributed by atoms with E-state index < -0.39 is 0 Å². The van der Waals surface area contributed by atoms with Gasteiger partial charge in [0.05, 0.1) is 30.8 Å². The number of piperidine rings is 1. The Hall–Kier alpha value is -3.26. The Morgan fingerprint density at radius 3 is 2.68 bits per heavy atom. The first-order chi connectivity index (χ1) is 15.2. The van der Waals surface area contributed by atoms with Crippen molar-refractivity contribution in [2.45, 2.75) is 25.3 Å². The first-order valence-corrected chi connectivity index (χ1v) is 10.8. The molecule has 1 fully saturated rings. The number of aromatic nitrogens is 2. The van der Waals surface area contributed by atoms with Gasteiger partial charge in [-0.3, -0.25) is 14.3 Å². The predicted molar refractivity (Wildman–Crippen MR) is 118 cm³/mol. The largest absolute Gasteiger partial charge is 0.490 e. The van der Waals surface area contributed by atoms with Crippen LogP contribution in [0, 0.1) is 0 Å². The lowest BCUT2D eigenvalue weighted by Crippen LogP contribution is -2.40. The molecule has 3 aromatic rings. The Kier molecular flexibility index (Phi) is 5.38. The second-order valence-electron chi connectivity index (χ2n) is 8.08. The molecular weight excluding hydrogens is 396 g/mol. The highest BCUT2D eigenvalue weighted by Crippen LogP contribution is 2.32. The molecule has 2 aliphatic rings. The van der Waals surface area contributed by atoms with Gasteiger partial charge in [0, 0.05) is 37.3 Å². The van der Waals surface area contributed by atoms with Crippen LogP contribution in [0.1, 0.15) is 25.3 Å². The van der Waals surface area contributed by atoms with Crippen molar-refractivity contribution in [3.63, 3.8) is 0 Å². The average Bonchev–Trinajstić information content (AvgIpc) is 2.93. The van der Waals surface area contributed by atoms with Crippen molar-refractivity contribution in [1.82, 2.24) is 14.5 Å². The summed E-state index contributed by atoms with van der Waals surface area (Å²) in [6, 6.07) is 13.4. The number of hydrogen-bond acceptors (Lipinski definition) is 5. The molecule has 8 heteroatoms. The fourth-order valence-corrected chi connectivity index (χ4v) is 4.42. The highest BCUT2D eigenvalue weighted by Gasteiger charge is 2.24. The number of benzene rings is 2. The number of imidazole rings is 1. The molecule has 0 spiro atoms. The lowest BCUT2D eigenvalue weighted by molar-refractivity contribution is -0.117. The van der Waals surface area contributed by atoms with E-state index in [9.17, 15) is 9.59 Å². The van der Waals surface area contributed by atoms with Gasteiger partial charge >= 0.3 is 5.69 Å². The van der Waals surface area contributed by atoms with Crippen molar-refractivity contribution in [3.8, 4) is 11.5 Å². The van der Waals surface area contributed by atoms with Crippen LogP contribution in [0.2, 0.25) is 0 Å². The number of nitrogens with zero attached hydrogens (tertiary/aromatic N) is 2. The molecule has 2 aromatic carbocycles. The van der Waals surface area contributed by atoms with Gasteiger partial charge in [0.1, 0.15) is 0 Å². The second kappa shape index (κ2) is 8.47. The third-order valence-electron chi connectivity index (χ3n) is 5.94. The summed E-state index contributed by atoms with van der Waals surface area (Å²) in [5, 5.41) is 2.96. The van der Waals surface area contributed by atoms with Crippen LogP contribution < -0.4 is 20.5 Å². The number of amides is 1. The van der Waals surface area contributed by atoms with E-state index in [1.165, 1.54) is 0 Å². The maximum absolute atomic E-state index is 12.6. The maximum Gasteiger partial charge on any atom is 0.326 e. The minimum atomic E-state index is -0.0631. The van der Waals surface area contributed by atoms with Gasteiger partial charge in [-0.2, -0.15) is 0 Å². The van der Waals surface area contributed by atoms with Crippen LogP contribution in [0.3, 0.4) is 0 Å². The van der Waals surface area contributed by atoms with E-state index in [0.717, 1.165) is 43.4 Å². The summed E-state index contributed by atoms with van der Waals surface area (Å²) < 4.78 is 13.2. The topological polar surface area (TPSA) is 88.6 Å². The van der Waals surface area contributed by atoms with Crippen molar-refractivity contribution >= 4 is 22.6 Å². The van der Waals surface area contributed by atoms with E-state index in [1.54, 1.807) is 0 Å². The Labute approximate surface area is 179 Å². The van der Waals surface area contributed by atoms with E-state index in [4.69, 9.17) is 9.47 Å². The number of carbonyl (C=O) groups excluding carboxylic acids is 1. The maximum atomic E-state index is 12.6. The summed E-state index contributed by atoms with van der Waals surface area (Å²) in [6.07, 6.45) is 2.51. The van der Waals surface area contributed by atoms with Crippen molar-refractivity contribution in [2.75, 3.05) is 38.2 Å². The molecule has 1 saturated heterocycles. The summed E-state index contributed by atoms with van der Waals surface area (Å²) in [5.74, 6) is 1.32. The van der Waals surface area contributed by atoms with Crippen molar-refractivity contribution < 1.29 is 14.3 Å². The minimum Gasteiger partial charge on any atom is -0.490 e. The molecule has 2 aliphatic heterocycles. The molecule has 0 atom stereocenters. The number of hydrogen-bond donors (Lipinski definition) is 2. The van der Waals surface area contributed by atoms with Crippen LogP contribution in [0.25, 0.3) is 11.0 Å². The SMILES string of the molecule is O=C(CN1CCC(n2c(=O)[nH]c3ccccc32)CC1)Nc1ccc2c(c1)OCCCO2. The lowest BCUT2D eigenvalue weighted by atomic mass is 10.0. The van der Waals surface area contributed by atoms with Gasteiger partial charge in [0.15, 0.2) is 11.5 Å². The molecule has 1 aromatic heterocycles. The van der Waals surface area contributed by atoms with Gasteiger partial charge in [0.25, 0.3) is 0 Å². The van der Waals surface area contributed by atoms with Gasteiger partial charge in [-0.25, -0.2) is 4.79 Å². The van der Waals surface area contributed by atoms with Crippen molar-refractivity contribution in [1.29, 1.82) is 0 Å². The molecule has 5 rings (SSSR count). The number of anilines is 1. The van der Waals surface area contributed by atoms with Gasteiger partial charge in [0.2, 0.25) is 5.91 Å². The highest BCUT2D eigenvalue weighted by molar-refractivity contribution is 5.92. The quantitative estimate of drug-likeness (QED) is 0.675. The Bertz CT molecular complexity index is 1140. The molecule has 0 saturated carbocycles. The van der Waals surface area contributed by atoms with E-state index in [0.29, 0.717) is 36.9 Å². The van der Waals surface area contributed by atoms with Crippen LogP contribution in [-0.4, -0.2) is 53.2 Å². The van der Waals surface area contributed by atoms with Crippen LogP contribution in [0.15, 0.2) is 47.3 Å². The Morgan fingerprint density at radius 2 is 1.84 bits per heavy atom. The Balaban J connectivity index is 1.18. The molecule has 1 amide bonds. The fourth-order valence-electron chi connectivity index (χ4n) is 4.42. The summed E-state index contributed by atoms with van der Waals surface area (Å²) in [6.45, 7) is 3.11. The molecule has 0 bridgehead atoms. The summed E-state index contributed by atoms with van der Waals surface area (Å²) in [7, 11) is 0. The molecule has 0 radical (unpaired) electrons. The van der Waals surface area contributed by atoms with E-state index in [-0.39, 0.29) is 17.6 Å². The number of H-pyrrole nitrogens is 1. The number of carbonyl (C=O) groups is 1. The third kappa shape index (κ3) is 4.16. The molecular formula is C23H26N4O4. The molecule has 8 nitrogen and oxygen atoms in total. The molecule has 31 heavy (non-hydrogen) atoms. The van der Waals surface area contributed by atoms with E-state index in [1.807, 2.05) is 47.0 Å². The van der Waals surface area contributed by atoms with Crippen LogP contribution in [0.5, 0.6) is 11.5 Å². The van der Waals surface area contributed by atoms with Crippen LogP contribution in [0.4, 0.5) is 5.69 Å². The van der Waals surface area contributed by atoms with Gasteiger partial charge in [-0.05, 0) is 37.1 Å². The lowest BCUT2D eigenvalue weighted by Gasteiger charge is -2.32. The summed E-state index contributed by atoms with van der Waals surface area (Å²) in [5.41, 5.74) is 2.45. The minimum absolute atomic E-state index is 0.0581. The smallest absolute Gasteiger partial charge is 0.326 e. The van der Waals surface area contributed by atoms with Crippen molar-refractivity contribution in [3.05, 3.63) is 52.9 Å². The standard InChI is InChI=1S/C23H26N4O4/c28-22(24-16-6-7-20-21(14-16)31-13-3-12-30-20)15-26-10-8-17(9-11-26)27-19-5-2-1-4-18(19)25-23(27)29/h1-2,4-7,14,17H,3,8-13,15H2,(H,24,28)(H,25,29).